The summed E-state index contributed by atoms with van der Waals surface area (Å²) in [5.41, 5.74) is 1.43. The van der Waals surface area contributed by atoms with Crippen LogP contribution in [0.5, 0.6) is 5.75 Å². The van der Waals surface area contributed by atoms with Crippen molar-refractivity contribution in [2.24, 2.45) is 7.05 Å². The van der Waals surface area contributed by atoms with Crippen molar-refractivity contribution >= 4 is 33.6 Å². The fourth-order valence-corrected chi connectivity index (χ4v) is 3.89. The van der Waals surface area contributed by atoms with Gasteiger partial charge in [0.05, 0.1) is 18.0 Å². The van der Waals surface area contributed by atoms with E-state index in [4.69, 9.17) is 9.15 Å². The second-order valence-corrected chi connectivity index (χ2v) is 6.96. The second-order valence-electron chi connectivity index (χ2n) is 6.02. The number of rotatable bonds is 4. The fourth-order valence-electron chi connectivity index (χ4n) is 2.93. The molecule has 0 saturated heterocycles. The smallest absolute Gasteiger partial charge is 0.336 e. The lowest BCUT2D eigenvalue weighted by Gasteiger charge is -2.10. The molecule has 27 heavy (non-hydrogen) atoms. The number of hydrogen-bond donors (Lipinski definition) is 0. The van der Waals surface area contributed by atoms with Crippen molar-refractivity contribution in [3.8, 4) is 5.75 Å². The molecule has 2 aromatic heterocycles. The van der Waals surface area contributed by atoms with E-state index >= 15 is 0 Å². The molecule has 136 valence electrons. The Morgan fingerprint density at radius 2 is 1.93 bits per heavy atom. The third-order valence-corrected chi connectivity index (χ3v) is 5.41. The minimum Gasteiger partial charge on any atom is -0.497 e. The van der Waals surface area contributed by atoms with Crippen LogP contribution in [0.1, 0.15) is 5.56 Å². The van der Waals surface area contributed by atoms with E-state index in [1.165, 1.54) is 22.4 Å². The number of para-hydroxylation sites is 1. The van der Waals surface area contributed by atoms with Gasteiger partial charge in [-0.2, -0.15) is 0 Å². The quantitative estimate of drug-likeness (QED) is 0.307. The summed E-state index contributed by atoms with van der Waals surface area (Å²) in [6, 6.07) is 14.1. The van der Waals surface area contributed by atoms with Gasteiger partial charge in [0.2, 0.25) is 0 Å². The molecule has 0 aliphatic carbocycles. The maximum Gasteiger partial charge on any atom is 0.336 e. The van der Waals surface area contributed by atoms with Gasteiger partial charge in [0.15, 0.2) is 5.16 Å². The monoisotopic (exact) mass is 380 g/mol. The summed E-state index contributed by atoms with van der Waals surface area (Å²) in [5, 5.41) is 2.00. The standard InChI is InChI=1S/C20H16N2O4S/c1-22-19(24)15-5-3-4-6-16(15)21-20(22)27-11-12-9-18(23)26-17-10-13(25-2)7-8-14(12)17/h3-10H,11H2,1-2H3. The van der Waals surface area contributed by atoms with Crippen LogP contribution in [0.2, 0.25) is 0 Å². The Labute approximate surface area is 158 Å². The predicted molar refractivity (Wildman–Crippen MR) is 106 cm³/mol. The van der Waals surface area contributed by atoms with Crippen LogP contribution in [0.4, 0.5) is 0 Å². The molecule has 0 aliphatic rings. The Kier molecular flexibility index (Phi) is 4.45. The molecular weight excluding hydrogens is 364 g/mol. The highest BCUT2D eigenvalue weighted by Crippen LogP contribution is 2.27. The third-order valence-electron chi connectivity index (χ3n) is 4.34. The normalized spacial score (nSPS) is 11.2. The summed E-state index contributed by atoms with van der Waals surface area (Å²) in [7, 11) is 3.26. The Balaban J connectivity index is 1.74. The van der Waals surface area contributed by atoms with Gasteiger partial charge in [-0.25, -0.2) is 9.78 Å². The number of nitrogens with zero attached hydrogens (tertiary/aromatic N) is 2. The second kappa shape index (κ2) is 6.92. The maximum absolute atomic E-state index is 12.5. The van der Waals surface area contributed by atoms with Crippen molar-refractivity contribution < 1.29 is 9.15 Å². The summed E-state index contributed by atoms with van der Waals surface area (Å²) < 4.78 is 12.0. The maximum atomic E-state index is 12.5. The minimum absolute atomic E-state index is 0.0923. The zero-order chi connectivity index (χ0) is 19.0. The highest BCUT2D eigenvalue weighted by Gasteiger charge is 2.11. The summed E-state index contributed by atoms with van der Waals surface area (Å²) in [6.45, 7) is 0. The zero-order valence-electron chi connectivity index (χ0n) is 14.8. The number of thioether (sulfide) groups is 1. The third kappa shape index (κ3) is 3.21. The van der Waals surface area contributed by atoms with Crippen molar-refractivity contribution in [2.45, 2.75) is 10.9 Å². The van der Waals surface area contributed by atoms with E-state index in [2.05, 4.69) is 4.98 Å². The van der Waals surface area contributed by atoms with E-state index in [0.29, 0.717) is 33.1 Å². The molecule has 0 atom stereocenters. The lowest BCUT2D eigenvalue weighted by Crippen LogP contribution is -2.19. The number of benzene rings is 2. The van der Waals surface area contributed by atoms with Crippen LogP contribution >= 0.6 is 11.8 Å². The van der Waals surface area contributed by atoms with E-state index < -0.39 is 5.63 Å². The number of hydrogen-bond acceptors (Lipinski definition) is 6. The highest BCUT2D eigenvalue weighted by molar-refractivity contribution is 7.98. The van der Waals surface area contributed by atoms with E-state index in [0.717, 1.165) is 10.9 Å². The molecule has 2 heterocycles. The molecule has 0 radical (unpaired) electrons. The van der Waals surface area contributed by atoms with Crippen LogP contribution in [0, 0.1) is 0 Å². The highest BCUT2D eigenvalue weighted by atomic mass is 32.2. The van der Waals surface area contributed by atoms with Gasteiger partial charge in [-0.1, -0.05) is 23.9 Å². The molecular formula is C20H16N2O4S. The van der Waals surface area contributed by atoms with E-state index in [-0.39, 0.29) is 5.56 Å². The predicted octanol–water partition coefficient (Wildman–Crippen LogP) is 3.34. The van der Waals surface area contributed by atoms with Gasteiger partial charge in [-0.15, -0.1) is 0 Å². The summed E-state index contributed by atoms with van der Waals surface area (Å²) in [4.78, 5) is 29.0. The van der Waals surface area contributed by atoms with Crippen molar-refractivity contribution in [1.82, 2.24) is 9.55 Å². The van der Waals surface area contributed by atoms with Crippen molar-refractivity contribution in [2.75, 3.05) is 7.11 Å². The van der Waals surface area contributed by atoms with Crippen LogP contribution in [0.3, 0.4) is 0 Å². The van der Waals surface area contributed by atoms with Gasteiger partial charge < -0.3 is 9.15 Å². The van der Waals surface area contributed by atoms with Crippen LogP contribution in [-0.2, 0) is 12.8 Å². The molecule has 0 aliphatic heterocycles. The zero-order valence-corrected chi connectivity index (χ0v) is 15.6. The first-order valence-corrected chi connectivity index (χ1v) is 9.25. The first-order chi connectivity index (χ1) is 13.1. The van der Waals surface area contributed by atoms with Crippen LogP contribution < -0.4 is 15.9 Å². The minimum atomic E-state index is -0.424. The lowest BCUT2D eigenvalue weighted by atomic mass is 10.1. The first kappa shape index (κ1) is 17.4. The molecule has 0 spiro atoms. The van der Waals surface area contributed by atoms with Crippen LogP contribution in [0.15, 0.2) is 67.7 Å². The van der Waals surface area contributed by atoms with Crippen molar-refractivity contribution in [3.63, 3.8) is 0 Å². The van der Waals surface area contributed by atoms with Gasteiger partial charge in [-0.3, -0.25) is 9.36 Å². The number of fused-ring (bicyclic) bond motifs is 2. The summed E-state index contributed by atoms with van der Waals surface area (Å²) in [5.74, 6) is 1.10. The van der Waals surface area contributed by atoms with Gasteiger partial charge in [0.25, 0.3) is 5.56 Å². The van der Waals surface area contributed by atoms with Crippen LogP contribution in [0.25, 0.3) is 21.9 Å². The first-order valence-electron chi connectivity index (χ1n) is 8.26. The van der Waals surface area contributed by atoms with E-state index in [9.17, 15) is 9.59 Å². The number of aromatic nitrogens is 2. The molecule has 0 unspecified atom stereocenters. The molecule has 4 rings (SSSR count). The fraction of sp³-hybridized carbons (Fsp3) is 0.150. The Morgan fingerprint density at radius 1 is 1.11 bits per heavy atom. The van der Waals surface area contributed by atoms with Crippen molar-refractivity contribution in [1.29, 1.82) is 0 Å². The van der Waals surface area contributed by atoms with Crippen LogP contribution in [-0.4, -0.2) is 16.7 Å². The molecule has 0 bridgehead atoms. The Hall–Kier alpha value is -3.06. The Bertz CT molecular complexity index is 1280. The number of ether oxygens (including phenoxy) is 1. The molecule has 0 saturated carbocycles. The summed E-state index contributed by atoms with van der Waals surface area (Å²) >= 11 is 1.40. The molecule has 4 aromatic rings. The van der Waals surface area contributed by atoms with E-state index in [1.807, 2.05) is 30.3 Å². The largest absolute Gasteiger partial charge is 0.497 e. The molecule has 0 amide bonds. The SMILES string of the molecule is COc1ccc2c(CSc3nc4ccccc4c(=O)n3C)cc(=O)oc2c1. The van der Waals surface area contributed by atoms with Gasteiger partial charge >= 0.3 is 5.63 Å². The lowest BCUT2D eigenvalue weighted by molar-refractivity contribution is 0.414. The number of methoxy groups -OCH3 is 1. The van der Waals surface area contributed by atoms with Crippen molar-refractivity contribution in [3.05, 3.63) is 74.9 Å². The molecule has 0 fully saturated rings. The molecule has 7 heteroatoms. The molecule has 2 aromatic carbocycles. The molecule has 6 nitrogen and oxygen atoms in total. The van der Waals surface area contributed by atoms with Gasteiger partial charge in [-0.05, 0) is 29.8 Å². The van der Waals surface area contributed by atoms with E-state index in [1.54, 1.807) is 26.3 Å². The average Bonchev–Trinajstić information content (AvgIpc) is 2.68. The van der Waals surface area contributed by atoms with Gasteiger partial charge in [0.1, 0.15) is 11.3 Å². The Morgan fingerprint density at radius 3 is 2.74 bits per heavy atom. The summed E-state index contributed by atoms with van der Waals surface area (Å²) in [6.07, 6.45) is 0. The average molecular weight is 380 g/mol. The van der Waals surface area contributed by atoms with Gasteiger partial charge in [0, 0.05) is 30.3 Å². The molecule has 0 N–H and O–H groups in total. The topological polar surface area (TPSA) is 74.3 Å².